The van der Waals surface area contributed by atoms with Crippen molar-refractivity contribution in [3.05, 3.63) is 22.4 Å². The highest BCUT2D eigenvalue weighted by Gasteiger charge is 2.35. The maximum Gasteiger partial charge on any atom is 0.0267 e. The summed E-state index contributed by atoms with van der Waals surface area (Å²) < 4.78 is 0. The molecule has 1 aliphatic carbocycles. The summed E-state index contributed by atoms with van der Waals surface area (Å²) in [6, 6.07) is 4.81. The van der Waals surface area contributed by atoms with E-state index in [9.17, 15) is 0 Å². The van der Waals surface area contributed by atoms with Crippen molar-refractivity contribution in [2.45, 2.75) is 51.5 Å². The van der Waals surface area contributed by atoms with Crippen molar-refractivity contribution in [3.8, 4) is 0 Å². The third-order valence-electron chi connectivity index (χ3n) is 4.05. The molecular weight excluding hydrogens is 216 g/mol. The molecule has 0 bridgehead atoms. The van der Waals surface area contributed by atoms with E-state index in [0.29, 0.717) is 11.5 Å². The van der Waals surface area contributed by atoms with Crippen LogP contribution in [0.3, 0.4) is 0 Å². The van der Waals surface area contributed by atoms with Crippen molar-refractivity contribution >= 4 is 11.3 Å². The SMILES string of the molecule is CC1(C(CCc2cccs2)NN)CCCC1. The molecule has 0 aliphatic heterocycles. The molecule has 1 saturated carbocycles. The van der Waals surface area contributed by atoms with Crippen molar-refractivity contribution in [3.63, 3.8) is 0 Å². The molecule has 2 rings (SSSR count). The van der Waals surface area contributed by atoms with E-state index in [4.69, 9.17) is 5.84 Å². The van der Waals surface area contributed by atoms with E-state index in [1.807, 2.05) is 11.3 Å². The van der Waals surface area contributed by atoms with Crippen LogP contribution >= 0.6 is 11.3 Å². The van der Waals surface area contributed by atoms with Gasteiger partial charge in [-0.05, 0) is 42.5 Å². The van der Waals surface area contributed by atoms with Crippen molar-refractivity contribution in [2.75, 3.05) is 0 Å². The van der Waals surface area contributed by atoms with Crippen LogP contribution in [0.4, 0.5) is 0 Å². The molecule has 1 fully saturated rings. The van der Waals surface area contributed by atoms with Crippen molar-refractivity contribution in [1.82, 2.24) is 5.43 Å². The normalized spacial score (nSPS) is 21.1. The quantitative estimate of drug-likeness (QED) is 0.611. The van der Waals surface area contributed by atoms with E-state index in [0.717, 1.165) is 12.8 Å². The number of rotatable bonds is 5. The second-order valence-corrected chi connectivity index (χ2v) is 6.23. The average molecular weight is 238 g/mol. The monoisotopic (exact) mass is 238 g/mol. The van der Waals surface area contributed by atoms with Gasteiger partial charge in [-0.25, -0.2) is 0 Å². The predicted molar refractivity (Wildman–Crippen MR) is 70.3 cm³/mol. The van der Waals surface area contributed by atoms with Crippen molar-refractivity contribution in [2.24, 2.45) is 11.3 Å². The second kappa shape index (κ2) is 5.30. The van der Waals surface area contributed by atoms with Gasteiger partial charge in [0.1, 0.15) is 0 Å². The minimum absolute atomic E-state index is 0.423. The zero-order chi connectivity index (χ0) is 11.4. The first-order valence-corrected chi connectivity index (χ1v) is 7.11. The number of hydrogen-bond acceptors (Lipinski definition) is 3. The van der Waals surface area contributed by atoms with Crippen LogP contribution in [0.1, 0.15) is 43.9 Å². The van der Waals surface area contributed by atoms with Gasteiger partial charge in [0.25, 0.3) is 0 Å². The van der Waals surface area contributed by atoms with Gasteiger partial charge in [0.2, 0.25) is 0 Å². The molecule has 0 amide bonds. The van der Waals surface area contributed by atoms with E-state index < -0.39 is 0 Å². The van der Waals surface area contributed by atoms with E-state index in [1.165, 1.54) is 30.6 Å². The Morgan fingerprint density at radius 1 is 1.50 bits per heavy atom. The Morgan fingerprint density at radius 2 is 2.25 bits per heavy atom. The number of thiophene rings is 1. The first-order valence-electron chi connectivity index (χ1n) is 6.23. The molecule has 1 aromatic heterocycles. The Hall–Kier alpha value is -0.380. The van der Waals surface area contributed by atoms with E-state index in [2.05, 4.69) is 29.9 Å². The molecule has 16 heavy (non-hydrogen) atoms. The topological polar surface area (TPSA) is 38.0 Å². The van der Waals surface area contributed by atoms with Gasteiger partial charge in [-0.1, -0.05) is 25.8 Å². The molecule has 0 radical (unpaired) electrons. The summed E-state index contributed by atoms with van der Waals surface area (Å²) in [6.45, 7) is 2.39. The lowest BCUT2D eigenvalue weighted by atomic mass is 9.79. The molecule has 2 nitrogen and oxygen atoms in total. The number of aryl methyl sites for hydroxylation is 1. The number of nitrogens with one attached hydrogen (secondary N) is 1. The standard InChI is InChI=1S/C13H22N2S/c1-13(8-2-3-9-13)12(15-14)7-6-11-5-4-10-16-11/h4-5,10,12,15H,2-3,6-9,14H2,1H3. The average Bonchev–Trinajstić information content (AvgIpc) is 2.91. The van der Waals surface area contributed by atoms with Gasteiger partial charge >= 0.3 is 0 Å². The summed E-state index contributed by atoms with van der Waals surface area (Å²) >= 11 is 1.85. The van der Waals surface area contributed by atoms with Crippen LogP contribution in [-0.4, -0.2) is 6.04 Å². The van der Waals surface area contributed by atoms with E-state index in [1.54, 1.807) is 0 Å². The molecule has 90 valence electrons. The molecule has 3 N–H and O–H groups in total. The Labute approximate surface area is 102 Å². The highest BCUT2D eigenvalue weighted by atomic mass is 32.1. The smallest absolute Gasteiger partial charge is 0.0267 e. The van der Waals surface area contributed by atoms with Gasteiger partial charge in [0.05, 0.1) is 0 Å². The predicted octanol–water partition coefficient (Wildman–Crippen LogP) is 3.09. The maximum absolute atomic E-state index is 5.73. The summed E-state index contributed by atoms with van der Waals surface area (Å²) in [5, 5.41) is 2.15. The minimum Gasteiger partial charge on any atom is -0.271 e. The molecule has 1 aliphatic rings. The minimum atomic E-state index is 0.423. The molecule has 1 heterocycles. The number of nitrogens with two attached hydrogens (primary N) is 1. The fraction of sp³-hybridized carbons (Fsp3) is 0.692. The summed E-state index contributed by atoms with van der Waals surface area (Å²) in [7, 11) is 0. The van der Waals surface area contributed by atoms with Gasteiger partial charge in [-0.15, -0.1) is 11.3 Å². The second-order valence-electron chi connectivity index (χ2n) is 5.20. The summed E-state index contributed by atoms with van der Waals surface area (Å²) in [6.07, 6.45) is 7.70. The molecular formula is C13H22N2S. The molecule has 0 saturated heterocycles. The molecule has 1 aromatic rings. The lowest BCUT2D eigenvalue weighted by Crippen LogP contribution is -2.46. The Balaban J connectivity index is 1.90. The maximum atomic E-state index is 5.73. The van der Waals surface area contributed by atoms with Gasteiger partial charge < -0.3 is 0 Å². The molecule has 0 aromatic carbocycles. The van der Waals surface area contributed by atoms with Crippen LogP contribution < -0.4 is 11.3 Å². The largest absolute Gasteiger partial charge is 0.271 e. The van der Waals surface area contributed by atoms with Crippen LogP contribution in [0.15, 0.2) is 17.5 Å². The lowest BCUT2D eigenvalue weighted by Gasteiger charge is -2.33. The fourth-order valence-electron chi connectivity index (χ4n) is 2.91. The summed E-state index contributed by atoms with van der Waals surface area (Å²) in [5.74, 6) is 5.73. The first-order chi connectivity index (χ1) is 7.74. The first kappa shape index (κ1) is 12.1. The zero-order valence-electron chi connectivity index (χ0n) is 10.0. The number of hydrazine groups is 1. The zero-order valence-corrected chi connectivity index (χ0v) is 10.9. The molecule has 1 atom stereocenters. The van der Waals surface area contributed by atoms with Gasteiger partial charge in [0, 0.05) is 10.9 Å². The highest BCUT2D eigenvalue weighted by Crippen LogP contribution is 2.41. The van der Waals surface area contributed by atoms with Crippen molar-refractivity contribution < 1.29 is 0 Å². The molecule has 3 heteroatoms. The van der Waals surface area contributed by atoms with Crippen LogP contribution in [0.5, 0.6) is 0 Å². The Kier molecular flexibility index (Phi) is 4.00. The van der Waals surface area contributed by atoms with E-state index in [-0.39, 0.29) is 0 Å². The van der Waals surface area contributed by atoms with E-state index >= 15 is 0 Å². The Bertz CT molecular complexity index is 302. The summed E-state index contributed by atoms with van der Waals surface area (Å²) in [5.41, 5.74) is 3.47. The third-order valence-corrected chi connectivity index (χ3v) is 4.98. The van der Waals surface area contributed by atoms with Crippen LogP contribution in [-0.2, 0) is 6.42 Å². The highest BCUT2D eigenvalue weighted by molar-refractivity contribution is 7.09. The lowest BCUT2D eigenvalue weighted by molar-refractivity contribution is 0.212. The summed E-state index contributed by atoms with van der Waals surface area (Å²) in [4.78, 5) is 1.47. The van der Waals surface area contributed by atoms with Gasteiger partial charge in [-0.3, -0.25) is 11.3 Å². The van der Waals surface area contributed by atoms with Gasteiger partial charge in [0.15, 0.2) is 0 Å². The van der Waals surface area contributed by atoms with Crippen molar-refractivity contribution in [1.29, 1.82) is 0 Å². The Morgan fingerprint density at radius 3 is 2.81 bits per heavy atom. The van der Waals surface area contributed by atoms with Gasteiger partial charge in [-0.2, -0.15) is 0 Å². The van der Waals surface area contributed by atoms with Crippen LogP contribution in [0, 0.1) is 5.41 Å². The fourth-order valence-corrected chi connectivity index (χ4v) is 3.63. The molecule has 1 unspecified atom stereocenters. The van der Waals surface area contributed by atoms with Crippen LogP contribution in [0.25, 0.3) is 0 Å². The van der Waals surface area contributed by atoms with Crippen LogP contribution in [0.2, 0.25) is 0 Å². The molecule has 0 spiro atoms. The number of hydrogen-bond donors (Lipinski definition) is 2. The third kappa shape index (κ3) is 2.65.